The number of nitrogens with one attached hydrogen (secondary N) is 1. The van der Waals surface area contributed by atoms with Crippen LogP contribution in [-0.2, 0) is 27.8 Å². The Hall–Kier alpha value is -1.44. The summed E-state index contributed by atoms with van der Waals surface area (Å²) in [6, 6.07) is 8.19. The number of nitrogens with zero attached hydrogens (tertiary/aromatic N) is 2. The molecule has 1 aromatic rings. The van der Waals surface area contributed by atoms with Gasteiger partial charge in [0.05, 0.1) is 12.8 Å². The van der Waals surface area contributed by atoms with E-state index in [0.29, 0.717) is 25.6 Å². The maximum absolute atomic E-state index is 12.8. The molecule has 2 aliphatic rings. The van der Waals surface area contributed by atoms with Crippen molar-refractivity contribution in [1.29, 1.82) is 0 Å². The Morgan fingerprint density at radius 1 is 1.23 bits per heavy atom. The second-order valence-corrected chi connectivity index (χ2v) is 9.71. The van der Waals surface area contributed by atoms with Gasteiger partial charge in [0.2, 0.25) is 15.9 Å². The lowest BCUT2D eigenvalue weighted by atomic mass is 9.92. The molecule has 1 saturated heterocycles. The number of likely N-dealkylation sites (tertiary alicyclic amines) is 1. The summed E-state index contributed by atoms with van der Waals surface area (Å²) in [6.07, 6.45) is 2.15. The maximum atomic E-state index is 12.8. The van der Waals surface area contributed by atoms with Crippen molar-refractivity contribution < 1.29 is 13.2 Å². The number of fused-ring (bicyclic) bond motifs is 1. The van der Waals surface area contributed by atoms with Crippen LogP contribution in [0.15, 0.2) is 24.3 Å². The summed E-state index contributed by atoms with van der Waals surface area (Å²) < 4.78 is 26.0. The number of hydrogen-bond donors (Lipinski definition) is 1. The Bertz CT molecular complexity index is 763. The van der Waals surface area contributed by atoms with E-state index in [4.69, 9.17) is 0 Å². The van der Waals surface area contributed by atoms with Crippen molar-refractivity contribution in [3.63, 3.8) is 0 Å². The van der Waals surface area contributed by atoms with Gasteiger partial charge in [-0.05, 0) is 29.4 Å². The van der Waals surface area contributed by atoms with Crippen molar-refractivity contribution in [2.24, 2.45) is 11.8 Å². The fourth-order valence-electron chi connectivity index (χ4n) is 4.09. The summed E-state index contributed by atoms with van der Waals surface area (Å²) in [6.45, 7) is 7.32. The monoisotopic (exact) mass is 379 g/mol. The van der Waals surface area contributed by atoms with E-state index < -0.39 is 10.0 Å². The molecule has 3 rings (SSSR count). The molecule has 2 heterocycles. The standard InChI is InChI=1S/C19H29N3O3S/c1-14(2)17-11-22(12-18(17)20-26(3,24)25)19(23)13-21-9-8-15-6-4-5-7-16(15)10-21/h4-7,14,17-18,20H,8-13H2,1-3H3/t17-,18+/m0/s1. The van der Waals surface area contributed by atoms with E-state index in [1.54, 1.807) is 0 Å². The van der Waals surface area contributed by atoms with Crippen LogP contribution in [0.3, 0.4) is 0 Å². The first kappa shape index (κ1) is 19.3. The van der Waals surface area contributed by atoms with Gasteiger partial charge in [-0.1, -0.05) is 38.1 Å². The number of benzene rings is 1. The van der Waals surface area contributed by atoms with Crippen LogP contribution in [0.2, 0.25) is 0 Å². The molecular formula is C19H29N3O3S. The summed E-state index contributed by atoms with van der Waals surface area (Å²) in [5.74, 6) is 0.553. The fourth-order valence-corrected chi connectivity index (χ4v) is 4.89. The number of carbonyl (C=O) groups excluding carboxylic acids is 1. The first-order valence-electron chi connectivity index (χ1n) is 9.27. The Balaban J connectivity index is 1.62. The summed E-state index contributed by atoms with van der Waals surface area (Å²) >= 11 is 0. The predicted molar refractivity (Wildman–Crippen MR) is 102 cm³/mol. The molecule has 1 aromatic carbocycles. The maximum Gasteiger partial charge on any atom is 0.236 e. The highest BCUT2D eigenvalue weighted by Crippen LogP contribution is 2.26. The van der Waals surface area contributed by atoms with Crippen LogP contribution in [-0.4, -0.2) is 62.6 Å². The van der Waals surface area contributed by atoms with Crippen molar-refractivity contribution in [2.45, 2.75) is 32.9 Å². The third-order valence-corrected chi connectivity index (χ3v) is 6.24. The number of hydrogen-bond acceptors (Lipinski definition) is 4. The van der Waals surface area contributed by atoms with Gasteiger partial charge in [-0.15, -0.1) is 0 Å². The molecule has 0 radical (unpaired) electrons. The highest BCUT2D eigenvalue weighted by atomic mass is 32.2. The Labute approximate surface area is 156 Å². The number of sulfonamides is 1. The fraction of sp³-hybridized carbons (Fsp3) is 0.632. The quantitative estimate of drug-likeness (QED) is 0.831. The average Bonchev–Trinajstić information content (AvgIpc) is 2.97. The minimum Gasteiger partial charge on any atom is -0.340 e. The molecule has 1 amide bonds. The predicted octanol–water partition coefficient (Wildman–Crippen LogP) is 1.08. The summed E-state index contributed by atoms with van der Waals surface area (Å²) in [7, 11) is -3.28. The molecule has 26 heavy (non-hydrogen) atoms. The minimum atomic E-state index is -3.28. The molecular weight excluding hydrogens is 350 g/mol. The molecule has 0 saturated carbocycles. The van der Waals surface area contributed by atoms with Gasteiger partial charge in [-0.3, -0.25) is 9.69 Å². The molecule has 1 fully saturated rings. The molecule has 7 heteroatoms. The summed E-state index contributed by atoms with van der Waals surface area (Å²) in [5, 5.41) is 0. The molecule has 0 aromatic heterocycles. The van der Waals surface area contributed by atoms with Crippen LogP contribution in [0.25, 0.3) is 0 Å². The van der Waals surface area contributed by atoms with Gasteiger partial charge in [0.25, 0.3) is 0 Å². The highest BCUT2D eigenvalue weighted by molar-refractivity contribution is 7.88. The number of rotatable bonds is 5. The van der Waals surface area contributed by atoms with Crippen LogP contribution < -0.4 is 4.72 Å². The molecule has 0 unspecified atom stereocenters. The van der Waals surface area contributed by atoms with Crippen LogP contribution in [0.4, 0.5) is 0 Å². The molecule has 144 valence electrons. The van der Waals surface area contributed by atoms with Crippen molar-refractivity contribution >= 4 is 15.9 Å². The van der Waals surface area contributed by atoms with Crippen LogP contribution >= 0.6 is 0 Å². The lowest BCUT2D eigenvalue weighted by molar-refractivity contribution is -0.131. The lowest BCUT2D eigenvalue weighted by Gasteiger charge is -2.29. The van der Waals surface area contributed by atoms with E-state index in [0.717, 1.165) is 19.5 Å². The highest BCUT2D eigenvalue weighted by Gasteiger charge is 2.38. The van der Waals surface area contributed by atoms with Crippen molar-refractivity contribution in [2.75, 3.05) is 32.4 Å². The summed E-state index contributed by atoms with van der Waals surface area (Å²) in [4.78, 5) is 16.8. The average molecular weight is 380 g/mol. The third kappa shape index (κ3) is 4.64. The molecule has 2 atom stereocenters. The minimum absolute atomic E-state index is 0.0906. The van der Waals surface area contributed by atoms with Gasteiger partial charge in [-0.25, -0.2) is 13.1 Å². The zero-order valence-electron chi connectivity index (χ0n) is 15.8. The molecule has 2 aliphatic heterocycles. The van der Waals surface area contributed by atoms with Gasteiger partial charge in [0, 0.05) is 32.2 Å². The second kappa shape index (κ2) is 7.66. The van der Waals surface area contributed by atoms with Crippen molar-refractivity contribution in [3.05, 3.63) is 35.4 Å². The van der Waals surface area contributed by atoms with Gasteiger partial charge in [-0.2, -0.15) is 0 Å². The topological polar surface area (TPSA) is 69.7 Å². The van der Waals surface area contributed by atoms with Gasteiger partial charge in [0.1, 0.15) is 0 Å². The van der Waals surface area contributed by atoms with E-state index in [2.05, 4.69) is 41.7 Å². The van der Waals surface area contributed by atoms with Gasteiger partial charge >= 0.3 is 0 Å². The van der Waals surface area contributed by atoms with E-state index in [1.165, 1.54) is 17.4 Å². The first-order chi connectivity index (χ1) is 12.2. The zero-order chi connectivity index (χ0) is 18.9. The lowest BCUT2D eigenvalue weighted by Crippen LogP contribution is -2.43. The summed E-state index contributed by atoms with van der Waals surface area (Å²) in [5.41, 5.74) is 2.67. The molecule has 1 N–H and O–H groups in total. The Morgan fingerprint density at radius 3 is 2.58 bits per heavy atom. The van der Waals surface area contributed by atoms with E-state index in [-0.39, 0.29) is 17.9 Å². The second-order valence-electron chi connectivity index (χ2n) is 7.93. The number of amides is 1. The third-order valence-electron chi connectivity index (χ3n) is 5.51. The van der Waals surface area contributed by atoms with Crippen LogP contribution in [0.5, 0.6) is 0 Å². The van der Waals surface area contributed by atoms with Crippen molar-refractivity contribution in [3.8, 4) is 0 Å². The van der Waals surface area contributed by atoms with E-state index >= 15 is 0 Å². The normalized spacial score (nSPS) is 24.1. The van der Waals surface area contributed by atoms with E-state index in [1.807, 2.05) is 11.0 Å². The first-order valence-corrected chi connectivity index (χ1v) is 11.2. The number of carbonyl (C=O) groups is 1. The molecule has 0 aliphatic carbocycles. The van der Waals surface area contributed by atoms with Crippen LogP contribution in [0, 0.1) is 11.8 Å². The Kier molecular flexibility index (Phi) is 5.69. The van der Waals surface area contributed by atoms with Crippen molar-refractivity contribution in [1.82, 2.24) is 14.5 Å². The van der Waals surface area contributed by atoms with E-state index in [9.17, 15) is 13.2 Å². The molecule has 0 bridgehead atoms. The SMILES string of the molecule is CC(C)[C@@H]1CN(C(=O)CN2CCc3ccccc3C2)C[C@H]1NS(C)(=O)=O. The van der Waals surface area contributed by atoms with Gasteiger partial charge < -0.3 is 4.90 Å². The van der Waals surface area contributed by atoms with Gasteiger partial charge in [0.15, 0.2) is 0 Å². The zero-order valence-corrected chi connectivity index (χ0v) is 16.6. The Morgan fingerprint density at radius 2 is 1.92 bits per heavy atom. The molecule has 6 nitrogen and oxygen atoms in total. The van der Waals surface area contributed by atoms with Crippen LogP contribution in [0.1, 0.15) is 25.0 Å². The molecule has 0 spiro atoms. The largest absolute Gasteiger partial charge is 0.340 e. The smallest absolute Gasteiger partial charge is 0.236 e.